The van der Waals surface area contributed by atoms with Gasteiger partial charge in [0.25, 0.3) is 0 Å². The van der Waals surface area contributed by atoms with E-state index in [1.165, 1.54) is 5.56 Å². The number of carboxylic acid groups (broad SMARTS) is 1. The number of carbonyl (C=O) groups is 1. The van der Waals surface area contributed by atoms with Crippen LogP contribution < -0.4 is 0 Å². The first kappa shape index (κ1) is 25.1. The summed E-state index contributed by atoms with van der Waals surface area (Å²) in [4.78, 5) is 10.5. The summed E-state index contributed by atoms with van der Waals surface area (Å²) in [6, 6.07) is 10.2. The van der Waals surface area contributed by atoms with Gasteiger partial charge in [-0.05, 0) is 61.8 Å². The van der Waals surface area contributed by atoms with E-state index in [4.69, 9.17) is 5.11 Å². The molecule has 0 unspecified atom stereocenters. The van der Waals surface area contributed by atoms with Crippen molar-refractivity contribution in [1.82, 2.24) is 0 Å². The Morgan fingerprint density at radius 2 is 1.97 bits per heavy atom. The Morgan fingerprint density at radius 3 is 2.66 bits per heavy atom. The molecule has 0 amide bonds. The number of aryl methyl sites for hydroxylation is 1. The highest BCUT2D eigenvalue weighted by Gasteiger charge is 2.37. The molecule has 29 heavy (non-hydrogen) atoms. The van der Waals surface area contributed by atoms with Crippen molar-refractivity contribution in [3.8, 4) is 0 Å². The Morgan fingerprint density at radius 1 is 1.24 bits per heavy atom. The van der Waals surface area contributed by atoms with Gasteiger partial charge in [-0.25, -0.2) is 0 Å². The van der Waals surface area contributed by atoms with E-state index in [0.29, 0.717) is 18.8 Å². The molecule has 0 radical (unpaired) electrons. The standard InChI is InChI=1S/C24H34O4.H2O/c1-18-17-23(26)22(11-7-2-3-8-12-24(27)28)21(18)16-15-20(25)14-13-19-9-5-4-6-10-19;/h2,4-7,9-10,15-16,18,20-23,25-26H,3,8,11-14,17H2,1H3,(H,27,28);1H2/b7-2-,16-15+;/t18-,20+,21+,22-,23+;/m1./s1. The van der Waals surface area contributed by atoms with Gasteiger partial charge < -0.3 is 20.8 Å². The van der Waals surface area contributed by atoms with Gasteiger partial charge in [0.1, 0.15) is 0 Å². The van der Waals surface area contributed by atoms with Crippen LogP contribution in [-0.4, -0.2) is 39.0 Å². The van der Waals surface area contributed by atoms with E-state index < -0.39 is 12.1 Å². The van der Waals surface area contributed by atoms with Crippen LogP contribution in [0.1, 0.15) is 51.0 Å². The van der Waals surface area contributed by atoms with Crippen molar-refractivity contribution in [2.45, 2.75) is 64.1 Å². The first-order chi connectivity index (χ1) is 13.5. The Kier molecular flexibility index (Phi) is 11.5. The van der Waals surface area contributed by atoms with E-state index in [1.54, 1.807) is 0 Å². The average Bonchev–Trinajstić information content (AvgIpc) is 2.94. The molecule has 5 heteroatoms. The van der Waals surface area contributed by atoms with Crippen LogP contribution in [0.25, 0.3) is 0 Å². The third-order valence-corrected chi connectivity index (χ3v) is 5.72. The van der Waals surface area contributed by atoms with Crippen LogP contribution in [0.2, 0.25) is 0 Å². The minimum absolute atomic E-state index is 0. The van der Waals surface area contributed by atoms with Gasteiger partial charge in [0.15, 0.2) is 0 Å². The van der Waals surface area contributed by atoms with Crippen molar-refractivity contribution in [1.29, 1.82) is 0 Å². The van der Waals surface area contributed by atoms with Crippen LogP contribution in [-0.2, 0) is 11.2 Å². The van der Waals surface area contributed by atoms with Crippen LogP contribution in [0.5, 0.6) is 0 Å². The number of aliphatic carboxylic acids is 1. The summed E-state index contributed by atoms with van der Waals surface area (Å²) in [5.41, 5.74) is 1.23. The largest absolute Gasteiger partial charge is 0.481 e. The van der Waals surface area contributed by atoms with Crippen molar-refractivity contribution < 1.29 is 25.6 Å². The zero-order valence-electron chi connectivity index (χ0n) is 17.3. The van der Waals surface area contributed by atoms with Gasteiger partial charge >= 0.3 is 5.97 Å². The Labute approximate surface area is 174 Å². The normalized spacial score (nSPS) is 25.3. The highest BCUT2D eigenvalue weighted by molar-refractivity contribution is 5.66. The van der Waals surface area contributed by atoms with Gasteiger partial charge in [0, 0.05) is 6.42 Å². The summed E-state index contributed by atoms with van der Waals surface area (Å²) < 4.78 is 0. The topological polar surface area (TPSA) is 109 Å². The fraction of sp³-hybridized carbons (Fsp3) is 0.542. The average molecular weight is 405 g/mol. The number of unbranched alkanes of at least 4 members (excludes halogenated alkanes) is 1. The molecular formula is C24H36O5. The molecule has 1 saturated carbocycles. The minimum atomic E-state index is -0.760. The lowest BCUT2D eigenvalue weighted by Gasteiger charge is -2.20. The van der Waals surface area contributed by atoms with Crippen LogP contribution in [0.3, 0.4) is 0 Å². The third-order valence-electron chi connectivity index (χ3n) is 5.72. The van der Waals surface area contributed by atoms with Crippen molar-refractivity contribution in [3.63, 3.8) is 0 Å². The highest BCUT2D eigenvalue weighted by Crippen LogP contribution is 2.40. The highest BCUT2D eigenvalue weighted by atomic mass is 16.4. The predicted octanol–water partition coefficient (Wildman–Crippen LogP) is 3.55. The van der Waals surface area contributed by atoms with Crippen LogP contribution in [0, 0.1) is 17.8 Å². The van der Waals surface area contributed by atoms with Crippen molar-refractivity contribution in [2.75, 3.05) is 0 Å². The zero-order chi connectivity index (χ0) is 20.4. The summed E-state index contributed by atoms with van der Waals surface area (Å²) >= 11 is 0. The Hall–Kier alpha value is -1.95. The molecule has 0 saturated heterocycles. The van der Waals surface area contributed by atoms with E-state index in [1.807, 2.05) is 30.4 Å². The maximum atomic E-state index is 10.5. The molecule has 0 aliphatic heterocycles. The summed E-state index contributed by atoms with van der Waals surface area (Å²) in [6.07, 6.45) is 12.0. The van der Waals surface area contributed by atoms with Crippen molar-refractivity contribution >= 4 is 5.97 Å². The molecule has 1 aromatic carbocycles. The number of hydrogen-bond acceptors (Lipinski definition) is 3. The predicted molar refractivity (Wildman–Crippen MR) is 116 cm³/mol. The second-order valence-electron chi connectivity index (χ2n) is 7.99. The summed E-state index contributed by atoms with van der Waals surface area (Å²) in [7, 11) is 0. The number of aliphatic hydroxyl groups is 2. The minimum Gasteiger partial charge on any atom is -0.481 e. The van der Waals surface area contributed by atoms with Crippen LogP contribution >= 0.6 is 0 Å². The molecule has 0 aromatic heterocycles. The van der Waals surface area contributed by atoms with E-state index in [0.717, 1.165) is 25.7 Å². The fourth-order valence-electron chi connectivity index (χ4n) is 4.09. The van der Waals surface area contributed by atoms with Crippen molar-refractivity contribution in [3.05, 3.63) is 60.2 Å². The number of allylic oxidation sites excluding steroid dienone is 3. The van der Waals surface area contributed by atoms with Gasteiger partial charge in [0.05, 0.1) is 12.2 Å². The molecule has 0 spiro atoms. The number of hydrogen-bond donors (Lipinski definition) is 3. The first-order valence-electron chi connectivity index (χ1n) is 10.4. The molecule has 1 aliphatic rings. The Balaban J connectivity index is 0.00000420. The van der Waals surface area contributed by atoms with E-state index >= 15 is 0 Å². The molecule has 2 rings (SSSR count). The molecule has 0 bridgehead atoms. The van der Waals surface area contributed by atoms with Gasteiger partial charge in [-0.3, -0.25) is 4.79 Å². The quantitative estimate of drug-likeness (QED) is 0.387. The lowest BCUT2D eigenvalue weighted by atomic mass is 9.86. The Bertz CT molecular complexity index is 640. The summed E-state index contributed by atoms with van der Waals surface area (Å²) in [6.45, 7) is 2.16. The lowest BCUT2D eigenvalue weighted by Crippen LogP contribution is -2.18. The molecule has 5 atom stereocenters. The molecule has 1 aromatic rings. The summed E-state index contributed by atoms with van der Waals surface area (Å²) in [5.74, 6) is 0.0378. The van der Waals surface area contributed by atoms with Crippen LogP contribution in [0.4, 0.5) is 0 Å². The smallest absolute Gasteiger partial charge is 0.303 e. The van der Waals surface area contributed by atoms with Crippen LogP contribution in [0.15, 0.2) is 54.6 Å². The molecule has 1 aliphatic carbocycles. The molecule has 5 nitrogen and oxygen atoms in total. The fourth-order valence-corrected chi connectivity index (χ4v) is 4.09. The number of aliphatic hydroxyl groups excluding tert-OH is 2. The third kappa shape index (κ3) is 8.94. The first-order valence-corrected chi connectivity index (χ1v) is 10.4. The van der Waals surface area contributed by atoms with Gasteiger partial charge in [-0.15, -0.1) is 0 Å². The maximum absolute atomic E-state index is 10.5. The second kappa shape index (κ2) is 13.3. The van der Waals surface area contributed by atoms with Gasteiger partial charge in [-0.2, -0.15) is 0 Å². The van der Waals surface area contributed by atoms with E-state index in [9.17, 15) is 15.0 Å². The monoisotopic (exact) mass is 404 g/mol. The number of rotatable bonds is 11. The molecule has 5 N–H and O–H groups in total. The SMILES string of the molecule is C[C@@H]1C[C@H](O)[C@H](C/C=C\CCCC(=O)O)[C@H]1/C=C/[C@@H](O)CCc1ccccc1.O. The van der Waals surface area contributed by atoms with Crippen molar-refractivity contribution in [2.24, 2.45) is 17.8 Å². The lowest BCUT2D eigenvalue weighted by molar-refractivity contribution is -0.137. The van der Waals surface area contributed by atoms with Gasteiger partial charge in [0.2, 0.25) is 0 Å². The molecule has 0 heterocycles. The maximum Gasteiger partial charge on any atom is 0.303 e. The number of benzene rings is 1. The van der Waals surface area contributed by atoms with E-state index in [2.05, 4.69) is 31.2 Å². The molecule has 162 valence electrons. The second-order valence-corrected chi connectivity index (χ2v) is 7.99. The molecule has 1 fully saturated rings. The zero-order valence-corrected chi connectivity index (χ0v) is 17.3. The van der Waals surface area contributed by atoms with Gasteiger partial charge in [-0.1, -0.05) is 61.6 Å². The number of carboxylic acids is 1. The molecular weight excluding hydrogens is 368 g/mol. The van der Waals surface area contributed by atoms with E-state index in [-0.39, 0.29) is 29.8 Å². The summed E-state index contributed by atoms with van der Waals surface area (Å²) in [5, 5.41) is 29.4.